The third kappa shape index (κ3) is 4.32. The minimum Gasteiger partial charge on any atom is -0.491 e. The van der Waals surface area contributed by atoms with Crippen LogP contribution in [-0.4, -0.2) is 39.7 Å². The number of pyridine rings is 2. The van der Waals surface area contributed by atoms with Gasteiger partial charge in [0.05, 0.1) is 17.5 Å². The molecular formula is C28H32N4O5. The minimum atomic E-state index is -1.24. The van der Waals surface area contributed by atoms with E-state index in [0.29, 0.717) is 42.2 Å². The highest BCUT2D eigenvalue weighted by atomic mass is 16.5. The number of anilines is 1. The fourth-order valence-corrected chi connectivity index (χ4v) is 5.67. The van der Waals surface area contributed by atoms with E-state index in [-0.39, 0.29) is 22.4 Å². The molecule has 1 aliphatic carbocycles. The first kappa shape index (κ1) is 24.8. The van der Waals surface area contributed by atoms with Gasteiger partial charge in [-0.25, -0.2) is 4.79 Å². The smallest absolute Gasteiger partial charge is 0.341 e. The van der Waals surface area contributed by atoms with Gasteiger partial charge in [-0.05, 0) is 63.1 Å². The zero-order valence-corrected chi connectivity index (χ0v) is 21.0. The number of amides is 1. The molecule has 1 aliphatic heterocycles. The molecular weight excluding hydrogens is 472 g/mol. The molecule has 1 spiro atoms. The number of carboxylic acid groups (broad SMARTS) is 1. The van der Waals surface area contributed by atoms with E-state index in [1.807, 2.05) is 11.5 Å². The van der Waals surface area contributed by atoms with E-state index in [1.165, 1.54) is 6.20 Å². The van der Waals surface area contributed by atoms with Crippen molar-refractivity contribution in [3.8, 4) is 5.75 Å². The summed E-state index contributed by atoms with van der Waals surface area (Å²) in [6.45, 7) is 2.93. The van der Waals surface area contributed by atoms with Gasteiger partial charge in [0.15, 0.2) is 0 Å². The van der Waals surface area contributed by atoms with Gasteiger partial charge < -0.3 is 25.5 Å². The lowest BCUT2D eigenvalue weighted by Crippen LogP contribution is -2.42. The molecule has 0 atom stereocenters. The van der Waals surface area contributed by atoms with Gasteiger partial charge in [0, 0.05) is 42.1 Å². The Kier molecular flexibility index (Phi) is 6.62. The fourth-order valence-electron chi connectivity index (χ4n) is 5.67. The summed E-state index contributed by atoms with van der Waals surface area (Å²) in [5, 5.41) is 12.9. The van der Waals surface area contributed by atoms with Crippen LogP contribution >= 0.6 is 0 Å². The molecule has 0 radical (unpaired) electrons. The van der Waals surface area contributed by atoms with E-state index < -0.39 is 11.4 Å². The van der Waals surface area contributed by atoms with Crippen LogP contribution in [0.25, 0.3) is 10.9 Å². The molecule has 9 heteroatoms. The number of fused-ring (bicyclic) bond motifs is 1. The number of hydrogen-bond acceptors (Lipinski definition) is 6. The van der Waals surface area contributed by atoms with E-state index >= 15 is 0 Å². The van der Waals surface area contributed by atoms with Crippen molar-refractivity contribution in [1.82, 2.24) is 14.9 Å². The van der Waals surface area contributed by atoms with Crippen molar-refractivity contribution >= 4 is 28.5 Å². The number of rotatable bonds is 8. The van der Waals surface area contributed by atoms with Crippen molar-refractivity contribution in [2.45, 2.75) is 63.8 Å². The Morgan fingerprint density at radius 3 is 2.70 bits per heavy atom. The number of nitrogens with one attached hydrogen (secondary N) is 1. The Labute approximate surface area is 214 Å². The highest BCUT2D eigenvalue weighted by molar-refractivity contribution is 6.02. The lowest BCUT2D eigenvalue weighted by atomic mass is 9.74. The van der Waals surface area contributed by atoms with Crippen molar-refractivity contribution in [3.63, 3.8) is 0 Å². The number of nitrogen functional groups attached to an aromatic ring is 1. The molecule has 3 aromatic rings. The summed E-state index contributed by atoms with van der Waals surface area (Å²) in [5.41, 5.74) is 8.57. The maximum absolute atomic E-state index is 13.2. The van der Waals surface area contributed by atoms with Crippen LogP contribution in [0.1, 0.15) is 76.9 Å². The van der Waals surface area contributed by atoms with Crippen LogP contribution in [0.2, 0.25) is 0 Å². The normalized spacial score (nSPS) is 15.6. The summed E-state index contributed by atoms with van der Waals surface area (Å²) < 4.78 is 8.30. The second-order valence-electron chi connectivity index (χ2n) is 10.1. The predicted octanol–water partition coefficient (Wildman–Crippen LogP) is 3.79. The van der Waals surface area contributed by atoms with Gasteiger partial charge in [-0.1, -0.05) is 12.5 Å². The third-order valence-corrected chi connectivity index (χ3v) is 7.95. The fraction of sp³-hybridized carbons (Fsp3) is 0.429. The molecule has 1 fully saturated rings. The number of aromatic nitrogens is 2. The third-order valence-electron chi connectivity index (χ3n) is 7.95. The van der Waals surface area contributed by atoms with Gasteiger partial charge in [0.2, 0.25) is 5.43 Å². The number of aromatic carboxylic acids is 1. The Hall–Kier alpha value is -3.88. The van der Waals surface area contributed by atoms with Crippen molar-refractivity contribution in [1.29, 1.82) is 0 Å². The van der Waals surface area contributed by atoms with Crippen molar-refractivity contribution in [2.24, 2.45) is 0 Å². The van der Waals surface area contributed by atoms with Gasteiger partial charge in [-0.15, -0.1) is 0 Å². The number of benzene rings is 1. The zero-order chi connectivity index (χ0) is 26.2. The quantitative estimate of drug-likeness (QED) is 0.314. The SMILES string of the molecule is Cc1c(CCCCCNC(=O)c2ccccn2)c2c3c(c1N)c(=O)c(C(=O)O)cn3C1(CCC1)CCO2. The Balaban J connectivity index is 1.40. The molecule has 0 unspecified atom stereocenters. The predicted molar refractivity (Wildman–Crippen MR) is 140 cm³/mol. The van der Waals surface area contributed by atoms with Crippen LogP contribution in [0, 0.1) is 6.92 Å². The standard InChI is InChI=1S/C28H32N4O5/c1-17-18(8-3-2-5-14-31-26(34)20-9-4-6-13-30-20)25-23-21(22(17)29)24(33)19(27(35)36)16-32(23)28(10-7-11-28)12-15-37-25/h4,6,9,13,16H,2-3,5,7-8,10-12,14-15,29H2,1H3,(H,31,34)(H,35,36). The molecule has 37 heavy (non-hydrogen) atoms. The number of ether oxygens (including phenoxy) is 1. The molecule has 2 aromatic heterocycles. The van der Waals surface area contributed by atoms with Crippen LogP contribution in [0.3, 0.4) is 0 Å². The average Bonchev–Trinajstić information content (AvgIpc) is 3.04. The largest absolute Gasteiger partial charge is 0.491 e. The molecule has 3 heterocycles. The monoisotopic (exact) mass is 504 g/mol. The molecule has 194 valence electrons. The molecule has 9 nitrogen and oxygen atoms in total. The number of carbonyl (C=O) groups is 2. The van der Waals surface area contributed by atoms with Gasteiger partial charge >= 0.3 is 5.97 Å². The van der Waals surface area contributed by atoms with Crippen LogP contribution in [0.4, 0.5) is 5.69 Å². The molecule has 0 saturated heterocycles. The number of nitrogens with two attached hydrogens (primary N) is 1. The van der Waals surface area contributed by atoms with E-state index in [9.17, 15) is 19.5 Å². The summed E-state index contributed by atoms with van der Waals surface area (Å²) in [6.07, 6.45) is 10.00. The summed E-state index contributed by atoms with van der Waals surface area (Å²) in [6, 6.07) is 5.24. The minimum absolute atomic E-state index is 0.184. The van der Waals surface area contributed by atoms with Gasteiger partial charge in [-0.2, -0.15) is 0 Å². The second kappa shape index (κ2) is 9.88. The lowest BCUT2D eigenvalue weighted by molar-refractivity contribution is 0.0691. The molecule has 0 bridgehead atoms. The van der Waals surface area contributed by atoms with E-state index in [0.717, 1.165) is 56.1 Å². The number of unbranched alkanes of at least 4 members (excludes halogenated alkanes) is 2. The van der Waals surface area contributed by atoms with Crippen LogP contribution in [-0.2, 0) is 12.0 Å². The highest BCUT2D eigenvalue weighted by Gasteiger charge is 2.42. The Morgan fingerprint density at radius 1 is 1.22 bits per heavy atom. The number of carbonyl (C=O) groups excluding carboxylic acids is 1. The molecule has 4 N–H and O–H groups in total. The zero-order valence-electron chi connectivity index (χ0n) is 21.0. The Morgan fingerprint density at radius 2 is 2.03 bits per heavy atom. The van der Waals surface area contributed by atoms with Crippen LogP contribution in [0.5, 0.6) is 5.75 Å². The van der Waals surface area contributed by atoms with Crippen molar-refractivity contribution in [3.05, 3.63) is 63.2 Å². The summed E-state index contributed by atoms with van der Waals surface area (Å²) >= 11 is 0. The lowest BCUT2D eigenvalue weighted by Gasteiger charge is -2.44. The summed E-state index contributed by atoms with van der Waals surface area (Å²) in [4.78, 5) is 41.4. The van der Waals surface area contributed by atoms with Crippen molar-refractivity contribution < 1.29 is 19.4 Å². The van der Waals surface area contributed by atoms with Gasteiger partial charge in [0.1, 0.15) is 17.0 Å². The van der Waals surface area contributed by atoms with Gasteiger partial charge in [0.25, 0.3) is 5.91 Å². The summed E-state index contributed by atoms with van der Waals surface area (Å²) in [5.74, 6) is -0.771. The summed E-state index contributed by atoms with van der Waals surface area (Å²) in [7, 11) is 0. The first-order valence-electron chi connectivity index (χ1n) is 12.9. The second-order valence-corrected chi connectivity index (χ2v) is 10.1. The molecule has 1 saturated carbocycles. The van der Waals surface area contributed by atoms with Crippen LogP contribution in [0.15, 0.2) is 35.4 Å². The maximum atomic E-state index is 13.2. The average molecular weight is 505 g/mol. The van der Waals surface area contributed by atoms with E-state index in [2.05, 4.69) is 10.3 Å². The first-order chi connectivity index (χ1) is 17.8. The molecule has 5 rings (SSSR count). The molecule has 1 aromatic carbocycles. The highest BCUT2D eigenvalue weighted by Crippen LogP contribution is 2.49. The number of nitrogens with zero attached hydrogens (tertiary/aromatic N) is 2. The topological polar surface area (TPSA) is 137 Å². The van der Waals surface area contributed by atoms with Crippen molar-refractivity contribution in [2.75, 3.05) is 18.9 Å². The van der Waals surface area contributed by atoms with E-state index in [1.54, 1.807) is 24.4 Å². The first-order valence-corrected chi connectivity index (χ1v) is 12.9. The Bertz CT molecular complexity index is 1430. The maximum Gasteiger partial charge on any atom is 0.341 e. The molecule has 2 aliphatic rings. The number of carboxylic acids is 1. The van der Waals surface area contributed by atoms with Crippen LogP contribution < -0.4 is 21.2 Å². The van der Waals surface area contributed by atoms with Gasteiger partial charge in [-0.3, -0.25) is 14.6 Å². The molecule has 1 amide bonds. The number of hydrogen-bond donors (Lipinski definition) is 3. The van der Waals surface area contributed by atoms with E-state index in [4.69, 9.17) is 10.5 Å².